The molecule has 0 amide bonds. The Morgan fingerprint density at radius 3 is 2.45 bits per heavy atom. The molecule has 0 aliphatic carbocycles. The fourth-order valence-electron chi connectivity index (χ4n) is 2.86. The second kappa shape index (κ2) is 8.00. The largest absolute Gasteiger partial charge is 0.314 e. The van der Waals surface area contributed by atoms with Crippen molar-refractivity contribution in [2.75, 3.05) is 6.54 Å². The second-order valence-electron chi connectivity index (χ2n) is 5.68. The highest BCUT2D eigenvalue weighted by Gasteiger charge is 2.21. The summed E-state index contributed by atoms with van der Waals surface area (Å²) in [6.07, 6.45) is 1.73. The molecule has 0 radical (unpaired) electrons. The molecule has 0 saturated carbocycles. The smallest absolute Gasteiger partial charge is 0.272 e. The summed E-state index contributed by atoms with van der Waals surface area (Å²) in [6, 6.07) is 7.49. The van der Waals surface area contributed by atoms with Gasteiger partial charge < -0.3 is 5.32 Å². The quantitative estimate of drug-likeness (QED) is 0.581. The van der Waals surface area contributed by atoms with Gasteiger partial charge in [0.1, 0.15) is 0 Å². The van der Waals surface area contributed by atoms with E-state index in [0.29, 0.717) is 17.9 Å². The summed E-state index contributed by atoms with van der Waals surface area (Å²) in [6.45, 7) is 9.70. The molecule has 2 unspecified atom stereocenters. The minimum atomic E-state index is -0.284. The van der Waals surface area contributed by atoms with Crippen molar-refractivity contribution in [3.8, 4) is 0 Å². The molecule has 1 aromatic carbocycles. The van der Waals surface area contributed by atoms with Gasteiger partial charge in [-0.05, 0) is 38.1 Å². The molecule has 1 aromatic rings. The molecular weight excluding hydrogens is 252 g/mol. The Labute approximate surface area is 121 Å². The van der Waals surface area contributed by atoms with Gasteiger partial charge in [-0.2, -0.15) is 0 Å². The van der Waals surface area contributed by atoms with Crippen molar-refractivity contribution >= 4 is 5.69 Å². The first-order valence-electron chi connectivity index (χ1n) is 7.43. The van der Waals surface area contributed by atoms with Crippen LogP contribution in [0.5, 0.6) is 0 Å². The third-order valence-electron chi connectivity index (χ3n) is 3.96. The van der Waals surface area contributed by atoms with Gasteiger partial charge in [0.2, 0.25) is 0 Å². The van der Waals surface area contributed by atoms with E-state index in [0.717, 1.165) is 24.9 Å². The molecule has 4 heteroatoms. The van der Waals surface area contributed by atoms with Crippen LogP contribution in [0, 0.1) is 22.0 Å². The molecule has 4 nitrogen and oxygen atoms in total. The van der Waals surface area contributed by atoms with Crippen molar-refractivity contribution < 1.29 is 4.92 Å². The van der Waals surface area contributed by atoms with E-state index in [-0.39, 0.29) is 10.6 Å². The van der Waals surface area contributed by atoms with Crippen LogP contribution in [0.2, 0.25) is 0 Å². The zero-order valence-corrected chi connectivity index (χ0v) is 12.9. The van der Waals surface area contributed by atoms with Gasteiger partial charge in [-0.1, -0.05) is 39.0 Å². The monoisotopic (exact) mass is 278 g/mol. The van der Waals surface area contributed by atoms with Crippen molar-refractivity contribution in [2.45, 2.75) is 46.6 Å². The van der Waals surface area contributed by atoms with Crippen LogP contribution in [0.25, 0.3) is 0 Å². The first-order chi connectivity index (χ1) is 9.47. The Bertz CT molecular complexity index is 432. The minimum Gasteiger partial charge on any atom is -0.314 e. The maximum Gasteiger partial charge on any atom is 0.272 e. The molecule has 0 bridgehead atoms. The molecule has 1 rings (SSSR count). The van der Waals surface area contributed by atoms with Crippen LogP contribution < -0.4 is 5.32 Å². The van der Waals surface area contributed by atoms with Crippen molar-refractivity contribution in [3.05, 3.63) is 39.9 Å². The highest BCUT2D eigenvalue weighted by molar-refractivity contribution is 5.39. The summed E-state index contributed by atoms with van der Waals surface area (Å²) in [5.41, 5.74) is 1.08. The molecule has 0 aliphatic heterocycles. The normalized spacial score (nSPS) is 14.2. The SMILES string of the molecule is CCNC(C)C(CCc1ccccc1[N+](=O)[O-])C(C)C. The topological polar surface area (TPSA) is 55.2 Å². The van der Waals surface area contributed by atoms with Gasteiger partial charge in [-0.3, -0.25) is 10.1 Å². The van der Waals surface area contributed by atoms with Gasteiger partial charge in [0, 0.05) is 17.7 Å². The molecule has 0 heterocycles. The van der Waals surface area contributed by atoms with Crippen LogP contribution in [0.15, 0.2) is 24.3 Å². The Morgan fingerprint density at radius 2 is 1.90 bits per heavy atom. The first-order valence-corrected chi connectivity index (χ1v) is 7.43. The predicted octanol–water partition coefficient (Wildman–Crippen LogP) is 3.80. The van der Waals surface area contributed by atoms with E-state index < -0.39 is 0 Å². The van der Waals surface area contributed by atoms with E-state index in [1.165, 1.54) is 0 Å². The van der Waals surface area contributed by atoms with Crippen LogP contribution in [-0.2, 0) is 6.42 Å². The van der Waals surface area contributed by atoms with E-state index in [1.807, 2.05) is 12.1 Å². The molecule has 0 aromatic heterocycles. The van der Waals surface area contributed by atoms with E-state index in [1.54, 1.807) is 12.1 Å². The predicted molar refractivity (Wildman–Crippen MR) is 82.9 cm³/mol. The number of para-hydroxylation sites is 1. The van der Waals surface area contributed by atoms with Crippen LogP contribution in [0.4, 0.5) is 5.69 Å². The lowest BCUT2D eigenvalue weighted by Crippen LogP contribution is -2.36. The van der Waals surface area contributed by atoms with Crippen molar-refractivity contribution in [1.29, 1.82) is 0 Å². The average molecular weight is 278 g/mol. The number of aryl methyl sites for hydroxylation is 1. The Kier molecular flexibility index (Phi) is 6.65. The number of nitrogens with zero attached hydrogens (tertiary/aromatic N) is 1. The maximum atomic E-state index is 11.0. The third kappa shape index (κ3) is 4.60. The van der Waals surface area contributed by atoms with E-state index in [9.17, 15) is 10.1 Å². The van der Waals surface area contributed by atoms with E-state index in [4.69, 9.17) is 0 Å². The molecular formula is C16H26N2O2. The van der Waals surface area contributed by atoms with Crippen molar-refractivity contribution in [1.82, 2.24) is 5.32 Å². The summed E-state index contributed by atoms with van der Waals surface area (Å²) >= 11 is 0. The number of hydrogen-bond donors (Lipinski definition) is 1. The lowest BCUT2D eigenvalue weighted by atomic mass is 9.84. The average Bonchev–Trinajstić information content (AvgIpc) is 2.39. The van der Waals surface area contributed by atoms with Gasteiger partial charge in [0.25, 0.3) is 5.69 Å². The van der Waals surface area contributed by atoms with Crippen LogP contribution in [0.1, 0.15) is 39.7 Å². The van der Waals surface area contributed by atoms with E-state index in [2.05, 4.69) is 33.0 Å². The lowest BCUT2D eigenvalue weighted by molar-refractivity contribution is -0.385. The lowest BCUT2D eigenvalue weighted by Gasteiger charge is -2.28. The third-order valence-corrected chi connectivity index (χ3v) is 3.96. The zero-order valence-electron chi connectivity index (χ0n) is 12.9. The summed E-state index contributed by atoms with van der Waals surface area (Å²) in [5, 5.41) is 14.5. The van der Waals surface area contributed by atoms with Gasteiger partial charge in [0.05, 0.1) is 4.92 Å². The molecule has 1 N–H and O–H groups in total. The fourth-order valence-corrected chi connectivity index (χ4v) is 2.86. The number of rotatable bonds is 8. The van der Waals surface area contributed by atoms with Crippen LogP contribution in [-0.4, -0.2) is 17.5 Å². The summed E-state index contributed by atoms with van der Waals surface area (Å²) in [7, 11) is 0. The maximum absolute atomic E-state index is 11.0. The Hall–Kier alpha value is -1.42. The molecule has 0 aliphatic rings. The summed E-state index contributed by atoms with van der Waals surface area (Å²) < 4.78 is 0. The number of nitro benzene ring substituents is 1. The van der Waals surface area contributed by atoms with Gasteiger partial charge in [-0.15, -0.1) is 0 Å². The number of nitrogens with one attached hydrogen (secondary N) is 1. The van der Waals surface area contributed by atoms with Crippen molar-refractivity contribution in [2.24, 2.45) is 11.8 Å². The highest BCUT2D eigenvalue weighted by atomic mass is 16.6. The number of benzene rings is 1. The van der Waals surface area contributed by atoms with Gasteiger partial charge in [0.15, 0.2) is 0 Å². The zero-order chi connectivity index (χ0) is 15.1. The fraction of sp³-hybridized carbons (Fsp3) is 0.625. The van der Waals surface area contributed by atoms with Gasteiger partial charge in [-0.25, -0.2) is 0 Å². The molecule has 0 saturated heterocycles. The molecule has 0 spiro atoms. The summed E-state index contributed by atoms with van der Waals surface area (Å²) in [5.74, 6) is 1.08. The van der Waals surface area contributed by atoms with E-state index >= 15 is 0 Å². The number of nitro groups is 1. The highest BCUT2D eigenvalue weighted by Crippen LogP contribution is 2.25. The molecule has 0 fully saturated rings. The Balaban J connectivity index is 2.75. The minimum absolute atomic E-state index is 0.242. The van der Waals surface area contributed by atoms with Gasteiger partial charge >= 0.3 is 0 Å². The second-order valence-corrected chi connectivity index (χ2v) is 5.68. The Morgan fingerprint density at radius 1 is 1.25 bits per heavy atom. The number of hydrogen-bond acceptors (Lipinski definition) is 3. The molecule has 2 atom stereocenters. The standard InChI is InChI=1S/C16H26N2O2/c1-5-17-13(4)15(12(2)3)11-10-14-8-6-7-9-16(14)18(19)20/h6-9,12-13,15,17H,5,10-11H2,1-4H3. The first kappa shape index (κ1) is 16.6. The molecule has 20 heavy (non-hydrogen) atoms. The van der Waals surface area contributed by atoms with Crippen LogP contribution >= 0.6 is 0 Å². The van der Waals surface area contributed by atoms with Crippen molar-refractivity contribution in [3.63, 3.8) is 0 Å². The summed E-state index contributed by atoms with van der Waals surface area (Å²) in [4.78, 5) is 10.7. The molecule has 112 valence electrons. The van der Waals surface area contributed by atoms with Crippen LogP contribution in [0.3, 0.4) is 0 Å².